The van der Waals surface area contributed by atoms with Crippen LogP contribution in [0, 0.1) is 0 Å². The maximum absolute atomic E-state index is 12.0. The molecular formula is C13H11Br2N3O. The summed E-state index contributed by atoms with van der Waals surface area (Å²) in [6.07, 6.45) is 1.56. The molecule has 0 radical (unpaired) electrons. The lowest BCUT2D eigenvalue weighted by atomic mass is 10.2. The number of hydrogen-bond acceptors (Lipinski definition) is 3. The number of hydrogen-bond donors (Lipinski definition) is 2. The first-order chi connectivity index (χ1) is 9.06. The molecule has 2 rings (SSSR count). The highest BCUT2D eigenvalue weighted by atomic mass is 79.9. The van der Waals surface area contributed by atoms with Crippen molar-refractivity contribution < 1.29 is 4.79 Å². The third-order valence-corrected chi connectivity index (χ3v) is 3.40. The van der Waals surface area contributed by atoms with E-state index in [2.05, 4.69) is 42.2 Å². The van der Waals surface area contributed by atoms with Gasteiger partial charge in [0.05, 0.1) is 5.56 Å². The van der Waals surface area contributed by atoms with Crippen LogP contribution in [0.3, 0.4) is 0 Å². The quantitative estimate of drug-likeness (QED) is 0.854. The Labute approximate surface area is 127 Å². The lowest BCUT2D eigenvalue weighted by Gasteiger charge is -2.07. The van der Waals surface area contributed by atoms with Crippen LogP contribution in [0.5, 0.6) is 0 Å². The lowest BCUT2D eigenvalue weighted by molar-refractivity contribution is 0.0951. The molecule has 0 unspecified atom stereocenters. The van der Waals surface area contributed by atoms with Crippen molar-refractivity contribution in [1.82, 2.24) is 10.3 Å². The fourth-order valence-corrected chi connectivity index (χ4v) is 2.33. The molecule has 98 valence electrons. The Hall–Kier alpha value is -1.40. The number of nitrogens with two attached hydrogens (primary N) is 1. The number of carbonyl (C=O) groups is 1. The summed E-state index contributed by atoms with van der Waals surface area (Å²) in [5.41, 5.74) is 7.05. The van der Waals surface area contributed by atoms with Crippen LogP contribution in [0.25, 0.3) is 0 Å². The van der Waals surface area contributed by atoms with E-state index in [-0.39, 0.29) is 11.7 Å². The van der Waals surface area contributed by atoms with Crippen LogP contribution >= 0.6 is 31.9 Å². The summed E-state index contributed by atoms with van der Waals surface area (Å²) in [7, 11) is 0. The minimum absolute atomic E-state index is 0.218. The Kier molecular flexibility index (Phi) is 4.55. The van der Waals surface area contributed by atoms with E-state index >= 15 is 0 Å². The van der Waals surface area contributed by atoms with Gasteiger partial charge in [-0.25, -0.2) is 4.98 Å². The van der Waals surface area contributed by atoms with Crippen LogP contribution in [0.15, 0.2) is 45.5 Å². The minimum atomic E-state index is -0.244. The van der Waals surface area contributed by atoms with E-state index in [1.807, 2.05) is 24.3 Å². The predicted octanol–water partition coefficient (Wildman–Crippen LogP) is 3.12. The zero-order valence-electron chi connectivity index (χ0n) is 9.86. The van der Waals surface area contributed by atoms with Gasteiger partial charge in [0, 0.05) is 21.7 Å². The predicted molar refractivity (Wildman–Crippen MR) is 81.7 cm³/mol. The lowest BCUT2D eigenvalue weighted by Crippen LogP contribution is -2.24. The molecule has 0 saturated heterocycles. The summed E-state index contributed by atoms with van der Waals surface area (Å²) in [5, 5.41) is 2.81. The molecule has 0 fully saturated rings. The number of aromatic nitrogens is 1. The molecule has 0 spiro atoms. The van der Waals surface area contributed by atoms with E-state index in [4.69, 9.17) is 5.73 Å². The van der Waals surface area contributed by atoms with Crippen LogP contribution in [0.2, 0.25) is 0 Å². The molecule has 2 aromatic rings. The molecule has 1 aromatic heterocycles. The number of amides is 1. The standard InChI is InChI=1S/C13H11Br2N3O/c14-9-3-1-2-8(4-9)6-18-13(19)11-5-10(15)7-17-12(11)16/h1-5,7H,6H2,(H2,16,17)(H,18,19). The van der Waals surface area contributed by atoms with Crippen LogP contribution in [-0.2, 0) is 6.54 Å². The number of nitrogens with zero attached hydrogens (tertiary/aromatic N) is 1. The molecule has 1 amide bonds. The summed E-state index contributed by atoms with van der Waals surface area (Å²) >= 11 is 6.65. The first kappa shape index (κ1) is 14.0. The third kappa shape index (κ3) is 3.78. The first-order valence-corrected chi connectivity index (χ1v) is 7.08. The van der Waals surface area contributed by atoms with E-state index in [9.17, 15) is 4.79 Å². The zero-order valence-corrected chi connectivity index (χ0v) is 13.0. The number of halogens is 2. The molecule has 6 heteroatoms. The first-order valence-electron chi connectivity index (χ1n) is 5.50. The molecule has 3 N–H and O–H groups in total. The molecule has 1 heterocycles. The van der Waals surface area contributed by atoms with Gasteiger partial charge in [0.2, 0.25) is 0 Å². The number of nitrogen functional groups attached to an aromatic ring is 1. The molecule has 4 nitrogen and oxygen atoms in total. The van der Waals surface area contributed by atoms with Gasteiger partial charge in [0.25, 0.3) is 5.91 Å². The van der Waals surface area contributed by atoms with Gasteiger partial charge in [-0.2, -0.15) is 0 Å². The highest BCUT2D eigenvalue weighted by Gasteiger charge is 2.11. The van der Waals surface area contributed by atoms with Gasteiger partial charge in [-0.3, -0.25) is 4.79 Å². The number of nitrogens with one attached hydrogen (secondary N) is 1. The molecule has 0 aliphatic carbocycles. The summed E-state index contributed by atoms with van der Waals surface area (Å²) in [5.74, 6) is -0.0267. The van der Waals surface area contributed by atoms with Crippen LogP contribution in [-0.4, -0.2) is 10.9 Å². The highest BCUT2D eigenvalue weighted by Crippen LogP contribution is 2.16. The van der Waals surface area contributed by atoms with Crippen molar-refractivity contribution in [3.05, 3.63) is 56.6 Å². The fourth-order valence-electron chi connectivity index (χ4n) is 1.56. The summed E-state index contributed by atoms with van der Waals surface area (Å²) in [6.45, 7) is 0.435. The smallest absolute Gasteiger partial charge is 0.255 e. The Bertz CT molecular complexity index is 617. The largest absolute Gasteiger partial charge is 0.383 e. The monoisotopic (exact) mass is 383 g/mol. The number of anilines is 1. The molecule has 0 atom stereocenters. The van der Waals surface area contributed by atoms with Crippen molar-refractivity contribution in [3.63, 3.8) is 0 Å². The van der Waals surface area contributed by atoms with Gasteiger partial charge in [0.1, 0.15) is 5.82 Å². The fraction of sp³-hybridized carbons (Fsp3) is 0.0769. The van der Waals surface area contributed by atoms with Gasteiger partial charge < -0.3 is 11.1 Å². The molecule has 1 aromatic carbocycles. The molecule has 0 aliphatic heterocycles. The maximum atomic E-state index is 12.0. The van der Waals surface area contributed by atoms with E-state index in [1.54, 1.807) is 12.3 Å². The SMILES string of the molecule is Nc1ncc(Br)cc1C(=O)NCc1cccc(Br)c1. The van der Waals surface area contributed by atoms with Crippen molar-refractivity contribution in [3.8, 4) is 0 Å². The number of pyridine rings is 1. The maximum Gasteiger partial charge on any atom is 0.255 e. The third-order valence-electron chi connectivity index (χ3n) is 2.47. The average Bonchev–Trinajstić information content (AvgIpc) is 2.39. The summed E-state index contributed by atoms with van der Waals surface area (Å²) < 4.78 is 1.69. The number of carbonyl (C=O) groups excluding carboxylic acids is 1. The number of benzene rings is 1. The number of rotatable bonds is 3. The van der Waals surface area contributed by atoms with Crippen LogP contribution in [0.1, 0.15) is 15.9 Å². The van der Waals surface area contributed by atoms with Crippen LogP contribution in [0.4, 0.5) is 5.82 Å². The molecule has 0 bridgehead atoms. The van der Waals surface area contributed by atoms with E-state index in [0.717, 1.165) is 10.0 Å². The topological polar surface area (TPSA) is 68.0 Å². The van der Waals surface area contributed by atoms with Crippen molar-refractivity contribution in [2.24, 2.45) is 0 Å². The van der Waals surface area contributed by atoms with Crippen molar-refractivity contribution >= 4 is 43.6 Å². The van der Waals surface area contributed by atoms with E-state index < -0.39 is 0 Å². The second-order valence-corrected chi connectivity index (χ2v) is 5.73. The second kappa shape index (κ2) is 6.16. The summed E-state index contributed by atoms with van der Waals surface area (Å²) in [6, 6.07) is 9.39. The van der Waals surface area contributed by atoms with Gasteiger partial charge in [-0.05, 0) is 39.7 Å². The Balaban J connectivity index is 2.07. The van der Waals surface area contributed by atoms with Gasteiger partial charge in [0.15, 0.2) is 0 Å². The van der Waals surface area contributed by atoms with Gasteiger partial charge in [-0.1, -0.05) is 28.1 Å². The molecule has 0 aliphatic rings. The van der Waals surface area contributed by atoms with E-state index in [1.165, 1.54) is 0 Å². The minimum Gasteiger partial charge on any atom is -0.383 e. The van der Waals surface area contributed by atoms with Gasteiger partial charge >= 0.3 is 0 Å². The van der Waals surface area contributed by atoms with Gasteiger partial charge in [-0.15, -0.1) is 0 Å². The second-order valence-electron chi connectivity index (χ2n) is 3.90. The van der Waals surface area contributed by atoms with Crippen molar-refractivity contribution in [2.45, 2.75) is 6.54 Å². The zero-order chi connectivity index (χ0) is 13.8. The molecule has 19 heavy (non-hydrogen) atoms. The van der Waals surface area contributed by atoms with Crippen molar-refractivity contribution in [1.29, 1.82) is 0 Å². The van der Waals surface area contributed by atoms with Crippen LogP contribution < -0.4 is 11.1 Å². The van der Waals surface area contributed by atoms with E-state index in [0.29, 0.717) is 16.6 Å². The Morgan fingerprint density at radius 1 is 1.26 bits per heavy atom. The molecule has 0 saturated carbocycles. The Morgan fingerprint density at radius 3 is 2.79 bits per heavy atom. The van der Waals surface area contributed by atoms with Crippen molar-refractivity contribution in [2.75, 3.05) is 5.73 Å². The molecular weight excluding hydrogens is 374 g/mol. The highest BCUT2D eigenvalue weighted by molar-refractivity contribution is 9.10. The summed E-state index contributed by atoms with van der Waals surface area (Å²) in [4.78, 5) is 15.9. The average molecular weight is 385 g/mol. The normalized spacial score (nSPS) is 10.2. The Morgan fingerprint density at radius 2 is 2.05 bits per heavy atom.